The van der Waals surface area contributed by atoms with Crippen molar-refractivity contribution in [1.29, 1.82) is 0 Å². The summed E-state index contributed by atoms with van der Waals surface area (Å²) >= 11 is 0. The van der Waals surface area contributed by atoms with Crippen LogP contribution in [-0.4, -0.2) is 22.0 Å². The predicted octanol–water partition coefficient (Wildman–Crippen LogP) is 1.51. The van der Waals surface area contributed by atoms with Gasteiger partial charge in [-0.15, -0.1) is 0 Å². The number of hydrogen-bond donors (Lipinski definition) is 1. The van der Waals surface area contributed by atoms with Crippen molar-refractivity contribution in [1.82, 2.24) is 9.38 Å². The summed E-state index contributed by atoms with van der Waals surface area (Å²) in [6.07, 6.45) is 5.89. The van der Waals surface area contributed by atoms with Crippen molar-refractivity contribution in [3.63, 3.8) is 0 Å². The van der Waals surface area contributed by atoms with E-state index in [9.17, 15) is 0 Å². The maximum absolute atomic E-state index is 5.94. The van der Waals surface area contributed by atoms with Crippen LogP contribution in [-0.2, 0) is 4.74 Å². The lowest BCUT2D eigenvalue weighted by Crippen LogP contribution is -2.30. The van der Waals surface area contributed by atoms with E-state index in [1.165, 1.54) is 0 Å². The molecule has 0 spiro atoms. The van der Waals surface area contributed by atoms with Crippen LogP contribution in [0.25, 0.3) is 5.65 Å². The fraction of sp³-hybridized carbons (Fsp3) is 0.417. The lowest BCUT2D eigenvalue weighted by Gasteiger charge is -2.25. The van der Waals surface area contributed by atoms with Gasteiger partial charge in [0.05, 0.1) is 5.69 Å². The average Bonchev–Trinajstić information content (AvgIpc) is 2.72. The number of ether oxygens (including phenoxy) is 1. The third-order valence-corrected chi connectivity index (χ3v) is 3.04. The first kappa shape index (κ1) is 9.81. The summed E-state index contributed by atoms with van der Waals surface area (Å²) in [5.74, 6) is 0. The minimum Gasteiger partial charge on any atom is -0.372 e. The molecule has 0 saturated carbocycles. The lowest BCUT2D eigenvalue weighted by atomic mass is 10.0. The lowest BCUT2D eigenvalue weighted by molar-refractivity contribution is 0.00442. The molecule has 0 aliphatic carbocycles. The molecule has 2 aromatic rings. The molecule has 1 aliphatic rings. The molecular weight excluding hydrogens is 202 g/mol. The number of nitrogens with two attached hydrogens (primary N) is 1. The van der Waals surface area contributed by atoms with Crippen LogP contribution in [0.1, 0.15) is 24.6 Å². The van der Waals surface area contributed by atoms with Crippen LogP contribution in [0.3, 0.4) is 0 Å². The Morgan fingerprint density at radius 3 is 3.19 bits per heavy atom. The Morgan fingerprint density at radius 1 is 1.44 bits per heavy atom. The van der Waals surface area contributed by atoms with Gasteiger partial charge >= 0.3 is 0 Å². The van der Waals surface area contributed by atoms with Gasteiger partial charge in [-0.25, -0.2) is 4.98 Å². The summed E-state index contributed by atoms with van der Waals surface area (Å²) in [5.41, 5.74) is 7.89. The Bertz CT molecular complexity index is 461. The van der Waals surface area contributed by atoms with Gasteiger partial charge in [0.2, 0.25) is 0 Å². The molecule has 4 heteroatoms. The van der Waals surface area contributed by atoms with Gasteiger partial charge in [-0.2, -0.15) is 0 Å². The van der Waals surface area contributed by atoms with E-state index in [0.717, 1.165) is 30.8 Å². The smallest absolute Gasteiger partial charge is 0.137 e. The molecule has 0 radical (unpaired) electrons. The van der Waals surface area contributed by atoms with Crippen LogP contribution >= 0.6 is 0 Å². The third-order valence-electron chi connectivity index (χ3n) is 3.04. The van der Waals surface area contributed by atoms with Crippen molar-refractivity contribution in [2.24, 2.45) is 5.73 Å². The van der Waals surface area contributed by atoms with E-state index in [2.05, 4.69) is 4.98 Å². The summed E-state index contributed by atoms with van der Waals surface area (Å²) in [7, 11) is 0. The summed E-state index contributed by atoms with van der Waals surface area (Å²) in [4.78, 5) is 4.55. The zero-order valence-corrected chi connectivity index (χ0v) is 9.04. The Labute approximate surface area is 94.0 Å². The first-order chi connectivity index (χ1) is 7.83. The molecule has 2 atom stereocenters. The predicted molar refractivity (Wildman–Crippen MR) is 61.1 cm³/mol. The molecule has 2 aromatic heterocycles. The van der Waals surface area contributed by atoms with E-state index >= 15 is 0 Å². The van der Waals surface area contributed by atoms with E-state index in [1.54, 1.807) is 0 Å². The highest BCUT2D eigenvalue weighted by atomic mass is 16.5. The van der Waals surface area contributed by atoms with Crippen molar-refractivity contribution in [3.8, 4) is 0 Å². The normalized spacial score (nSPS) is 26.1. The number of fused-ring (bicyclic) bond motifs is 1. The molecule has 0 bridgehead atoms. The van der Waals surface area contributed by atoms with Crippen LogP contribution in [0.15, 0.2) is 30.6 Å². The number of rotatable bonds is 1. The molecule has 3 rings (SSSR count). The van der Waals surface area contributed by atoms with Crippen molar-refractivity contribution in [2.75, 3.05) is 6.61 Å². The maximum Gasteiger partial charge on any atom is 0.137 e. The van der Waals surface area contributed by atoms with Gasteiger partial charge in [0.25, 0.3) is 0 Å². The summed E-state index contributed by atoms with van der Waals surface area (Å²) in [6.45, 7) is 0.736. The fourth-order valence-electron chi connectivity index (χ4n) is 2.14. The average molecular weight is 217 g/mol. The molecule has 1 aliphatic heterocycles. The van der Waals surface area contributed by atoms with Gasteiger partial charge in [-0.3, -0.25) is 0 Å². The number of hydrogen-bond acceptors (Lipinski definition) is 3. The molecule has 0 aromatic carbocycles. The van der Waals surface area contributed by atoms with E-state index in [1.807, 2.05) is 35.0 Å². The molecular formula is C12H15N3O. The van der Waals surface area contributed by atoms with Crippen molar-refractivity contribution in [3.05, 3.63) is 36.3 Å². The molecule has 4 nitrogen and oxygen atoms in total. The second-order valence-electron chi connectivity index (χ2n) is 4.28. The fourth-order valence-corrected chi connectivity index (χ4v) is 2.14. The summed E-state index contributed by atoms with van der Waals surface area (Å²) < 4.78 is 7.72. The zero-order chi connectivity index (χ0) is 11.0. The van der Waals surface area contributed by atoms with Crippen LogP contribution in [0.2, 0.25) is 0 Å². The zero-order valence-electron chi connectivity index (χ0n) is 9.04. The maximum atomic E-state index is 5.94. The summed E-state index contributed by atoms with van der Waals surface area (Å²) in [5, 5.41) is 0. The van der Waals surface area contributed by atoms with Gasteiger partial charge in [0, 0.05) is 25.0 Å². The van der Waals surface area contributed by atoms with Crippen molar-refractivity contribution >= 4 is 5.65 Å². The third kappa shape index (κ3) is 1.70. The van der Waals surface area contributed by atoms with Crippen molar-refractivity contribution < 1.29 is 4.74 Å². The Kier molecular flexibility index (Phi) is 2.38. The van der Waals surface area contributed by atoms with E-state index in [4.69, 9.17) is 10.5 Å². The van der Waals surface area contributed by atoms with Gasteiger partial charge in [0.1, 0.15) is 11.8 Å². The Morgan fingerprint density at radius 2 is 2.38 bits per heavy atom. The van der Waals surface area contributed by atoms with E-state index in [0.29, 0.717) is 0 Å². The molecule has 84 valence electrons. The topological polar surface area (TPSA) is 52.5 Å². The molecule has 2 unspecified atom stereocenters. The molecule has 3 heterocycles. The largest absolute Gasteiger partial charge is 0.372 e. The van der Waals surface area contributed by atoms with E-state index < -0.39 is 0 Å². The highest BCUT2D eigenvalue weighted by Gasteiger charge is 2.23. The molecule has 16 heavy (non-hydrogen) atoms. The van der Waals surface area contributed by atoms with E-state index in [-0.39, 0.29) is 12.1 Å². The SMILES string of the molecule is NC1CCOC(c2cn3ccccc3n2)C1. The van der Waals surface area contributed by atoms with Gasteiger partial charge in [-0.1, -0.05) is 6.07 Å². The number of imidazole rings is 1. The summed E-state index contributed by atoms with van der Waals surface area (Å²) in [6, 6.07) is 6.21. The van der Waals surface area contributed by atoms with Gasteiger partial charge in [0.15, 0.2) is 0 Å². The molecule has 1 saturated heterocycles. The van der Waals surface area contributed by atoms with Gasteiger partial charge in [-0.05, 0) is 25.0 Å². The van der Waals surface area contributed by atoms with Crippen molar-refractivity contribution in [2.45, 2.75) is 25.0 Å². The molecule has 2 N–H and O–H groups in total. The number of nitrogens with zero attached hydrogens (tertiary/aromatic N) is 2. The Balaban J connectivity index is 1.93. The second-order valence-corrected chi connectivity index (χ2v) is 4.28. The van der Waals surface area contributed by atoms with Crippen LogP contribution in [0, 0.1) is 0 Å². The molecule has 0 amide bonds. The van der Waals surface area contributed by atoms with Crippen LogP contribution in [0.4, 0.5) is 0 Å². The Hall–Kier alpha value is -1.39. The minimum atomic E-state index is 0.0589. The minimum absolute atomic E-state index is 0.0589. The second kappa shape index (κ2) is 3.88. The number of pyridine rings is 1. The quantitative estimate of drug-likeness (QED) is 0.787. The standard InChI is InChI=1S/C12H15N3O/c13-9-4-6-16-11(7-9)10-8-15-5-2-1-3-12(15)14-10/h1-3,5,8-9,11H,4,6-7,13H2. The first-order valence-electron chi connectivity index (χ1n) is 5.64. The van der Waals surface area contributed by atoms with Crippen LogP contribution in [0.5, 0.6) is 0 Å². The monoisotopic (exact) mass is 217 g/mol. The number of aromatic nitrogens is 2. The first-order valence-corrected chi connectivity index (χ1v) is 5.64. The van der Waals surface area contributed by atoms with Crippen LogP contribution < -0.4 is 5.73 Å². The molecule has 1 fully saturated rings. The highest BCUT2D eigenvalue weighted by molar-refractivity contribution is 5.39. The highest BCUT2D eigenvalue weighted by Crippen LogP contribution is 2.26. The van der Waals surface area contributed by atoms with Gasteiger partial charge < -0.3 is 14.9 Å².